The number of fused-ring (bicyclic) bond motifs is 1. The zero-order valence-electron chi connectivity index (χ0n) is 13.8. The number of carbonyl (C=O) groups is 1. The highest BCUT2D eigenvalue weighted by molar-refractivity contribution is 6.16. The Balaban J connectivity index is 1.69. The van der Waals surface area contributed by atoms with Crippen LogP contribution in [0.1, 0.15) is 35.8 Å². The Bertz CT molecular complexity index is 989. The average Bonchev–Trinajstić information content (AvgIpc) is 3.23. The molecule has 0 unspecified atom stereocenters. The summed E-state index contributed by atoms with van der Waals surface area (Å²) >= 11 is 0. The maximum Gasteiger partial charge on any atom is 0.279 e. The van der Waals surface area contributed by atoms with Crippen LogP contribution in [0.3, 0.4) is 0 Å². The summed E-state index contributed by atoms with van der Waals surface area (Å²) in [5, 5.41) is 11.4. The van der Waals surface area contributed by atoms with Crippen LogP contribution in [0, 0.1) is 0 Å². The van der Waals surface area contributed by atoms with Crippen molar-refractivity contribution in [3.63, 3.8) is 0 Å². The van der Waals surface area contributed by atoms with E-state index in [1.807, 2.05) is 41.0 Å². The van der Waals surface area contributed by atoms with Gasteiger partial charge in [-0.1, -0.05) is 18.2 Å². The molecule has 25 heavy (non-hydrogen) atoms. The lowest BCUT2D eigenvalue weighted by atomic mass is 10.1. The van der Waals surface area contributed by atoms with E-state index in [1.54, 1.807) is 12.5 Å². The molecule has 3 heterocycles. The molecule has 7 heteroatoms. The number of carbonyl (C=O) groups excluding carboxylic acids is 1. The Kier molecular flexibility index (Phi) is 3.61. The predicted octanol–water partition coefficient (Wildman–Crippen LogP) is 3.24. The van der Waals surface area contributed by atoms with Crippen LogP contribution in [-0.4, -0.2) is 31.9 Å². The Morgan fingerprint density at radius 2 is 1.96 bits per heavy atom. The van der Waals surface area contributed by atoms with Gasteiger partial charge in [-0.05, 0) is 32.0 Å². The molecule has 2 aromatic heterocycles. The Labute approximate surface area is 144 Å². The highest BCUT2D eigenvalue weighted by Crippen LogP contribution is 2.27. The van der Waals surface area contributed by atoms with E-state index in [1.165, 1.54) is 0 Å². The first-order valence-electron chi connectivity index (χ1n) is 7.99. The van der Waals surface area contributed by atoms with Gasteiger partial charge < -0.3 is 9.88 Å². The normalized spacial score (nSPS) is 12.7. The average molecular weight is 332 g/mol. The van der Waals surface area contributed by atoms with Crippen molar-refractivity contribution in [1.82, 2.24) is 19.7 Å². The standard InChI is InChI=1S/C18H16N6O/c1-11(2)24-10-20-23-17(24)14-7-4-8-15(22-14)21-13-6-3-5-12-9-19-18(25)16(12)13/h3-11H,1-2H3,(H,21,22). The number of aliphatic imine (C=N–C) groups is 1. The van der Waals surface area contributed by atoms with Crippen molar-refractivity contribution in [2.24, 2.45) is 4.99 Å². The number of benzene rings is 1. The third-order valence-electron chi connectivity index (χ3n) is 4.00. The molecule has 1 amide bonds. The number of nitrogens with zero attached hydrogens (tertiary/aromatic N) is 5. The molecule has 0 radical (unpaired) electrons. The number of hydrogen-bond acceptors (Lipinski definition) is 5. The summed E-state index contributed by atoms with van der Waals surface area (Å²) in [4.78, 5) is 20.4. The zero-order chi connectivity index (χ0) is 17.4. The summed E-state index contributed by atoms with van der Waals surface area (Å²) in [5.41, 5.74) is 2.78. The molecule has 1 aliphatic heterocycles. The fraction of sp³-hybridized carbons (Fsp3) is 0.167. The first kappa shape index (κ1) is 15.2. The lowest BCUT2D eigenvalue weighted by Crippen LogP contribution is -2.05. The van der Waals surface area contributed by atoms with Crippen LogP contribution >= 0.6 is 0 Å². The molecule has 124 valence electrons. The number of nitrogens with one attached hydrogen (secondary N) is 1. The molecular formula is C18H16N6O. The van der Waals surface area contributed by atoms with Crippen LogP contribution in [0.2, 0.25) is 0 Å². The third kappa shape index (κ3) is 2.69. The number of pyridine rings is 1. The smallest absolute Gasteiger partial charge is 0.279 e. The second-order valence-corrected chi connectivity index (χ2v) is 6.02. The summed E-state index contributed by atoms with van der Waals surface area (Å²) in [7, 11) is 0. The molecule has 0 spiro atoms. The summed E-state index contributed by atoms with van der Waals surface area (Å²) in [5.74, 6) is 1.09. The quantitative estimate of drug-likeness (QED) is 0.793. The van der Waals surface area contributed by atoms with Gasteiger partial charge in [0, 0.05) is 17.8 Å². The second kappa shape index (κ2) is 5.94. The van der Waals surface area contributed by atoms with E-state index in [4.69, 9.17) is 0 Å². The minimum absolute atomic E-state index is 0.232. The molecular weight excluding hydrogens is 316 g/mol. The summed E-state index contributed by atoms with van der Waals surface area (Å²) in [6.45, 7) is 4.13. The van der Waals surface area contributed by atoms with Gasteiger partial charge in [0.25, 0.3) is 5.91 Å². The topological polar surface area (TPSA) is 85.1 Å². The maximum absolute atomic E-state index is 12.0. The predicted molar refractivity (Wildman–Crippen MR) is 95.3 cm³/mol. The number of rotatable bonds is 4. The first-order valence-corrected chi connectivity index (χ1v) is 7.99. The van der Waals surface area contributed by atoms with Gasteiger partial charge in [0.2, 0.25) is 0 Å². The van der Waals surface area contributed by atoms with E-state index in [0.29, 0.717) is 28.6 Å². The largest absolute Gasteiger partial charge is 0.340 e. The monoisotopic (exact) mass is 332 g/mol. The van der Waals surface area contributed by atoms with Crippen LogP contribution in [-0.2, 0) is 0 Å². The van der Waals surface area contributed by atoms with Gasteiger partial charge in [0.15, 0.2) is 5.82 Å². The minimum Gasteiger partial charge on any atom is -0.340 e. The van der Waals surface area contributed by atoms with E-state index in [9.17, 15) is 4.79 Å². The van der Waals surface area contributed by atoms with Crippen LogP contribution in [0.15, 0.2) is 47.7 Å². The molecule has 7 nitrogen and oxygen atoms in total. The van der Waals surface area contributed by atoms with Gasteiger partial charge in [-0.2, -0.15) is 0 Å². The molecule has 1 N–H and O–H groups in total. The maximum atomic E-state index is 12.0. The molecule has 0 fully saturated rings. The van der Waals surface area contributed by atoms with E-state index >= 15 is 0 Å². The van der Waals surface area contributed by atoms with E-state index in [0.717, 1.165) is 5.56 Å². The summed E-state index contributed by atoms with van der Waals surface area (Å²) in [6, 6.07) is 11.4. The number of anilines is 2. The summed E-state index contributed by atoms with van der Waals surface area (Å²) in [6.07, 6.45) is 3.28. The highest BCUT2D eigenvalue weighted by Gasteiger charge is 2.20. The number of hydrogen-bond donors (Lipinski definition) is 1. The molecule has 0 atom stereocenters. The minimum atomic E-state index is -0.242. The molecule has 0 aliphatic carbocycles. The van der Waals surface area contributed by atoms with Crippen molar-refractivity contribution in [3.8, 4) is 11.5 Å². The molecule has 0 bridgehead atoms. The van der Waals surface area contributed by atoms with Crippen molar-refractivity contribution in [2.75, 3.05) is 5.32 Å². The van der Waals surface area contributed by atoms with Crippen molar-refractivity contribution in [1.29, 1.82) is 0 Å². The molecule has 0 saturated carbocycles. The second-order valence-electron chi connectivity index (χ2n) is 6.02. The number of aromatic nitrogens is 4. The van der Waals surface area contributed by atoms with Crippen molar-refractivity contribution in [2.45, 2.75) is 19.9 Å². The van der Waals surface area contributed by atoms with Gasteiger partial charge >= 0.3 is 0 Å². The SMILES string of the molecule is CC(C)n1cnnc1-c1cccc(Nc2cccc3c2C(=O)N=C3)n1. The van der Waals surface area contributed by atoms with E-state index in [-0.39, 0.29) is 11.9 Å². The lowest BCUT2D eigenvalue weighted by Gasteiger charge is -2.12. The van der Waals surface area contributed by atoms with Gasteiger partial charge in [-0.25, -0.2) is 9.98 Å². The lowest BCUT2D eigenvalue weighted by molar-refractivity contribution is 0.101. The van der Waals surface area contributed by atoms with Crippen molar-refractivity contribution < 1.29 is 4.79 Å². The summed E-state index contributed by atoms with van der Waals surface area (Å²) < 4.78 is 1.96. The van der Waals surface area contributed by atoms with Gasteiger partial charge in [0.1, 0.15) is 17.8 Å². The fourth-order valence-corrected chi connectivity index (χ4v) is 2.78. The first-order chi connectivity index (χ1) is 12.1. The molecule has 1 aromatic carbocycles. The highest BCUT2D eigenvalue weighted by atomic mass is 16.1. The molecule has 1 aliphatic rings. The fourth-order valence-electron chi connectivity index (χ4n) is 2.78. The van der Waals surface area contributed by atoms with Crippen molar-refractivity contribution in [3.05, 3.63) is 53.9 Å². The third-order valence-corrected chi connectivity index (χ3v) is 4.00. The van der Waals surface area contributed by atoms with Crippen LogP contribution < -0.4 is 5.32 Å². The Morgan fingerprint density at radius 1 is 1.12 bits per heavy atom. The van der Waals surface area contributed by atoms with Gasteiger partial charge in [-0.15, -0.1) is 10.2 Å². The van der Waals surface area contributed by atoms with Gasteiger partial charge in [-0.3, -0.25) is 4.79 Å². The van der Waals surface area contributed by atoms with E-state index in [2.05, 4.69) is 39.3 Å². The molecule has 3 aromatic rings. The van der Waals surface area contributed by atoms with Crippen LogP contribution in [0.4, 0.5) is 11.5 Å². The van der Waals surface area contributed by atoms with Crippen molar-refractivity contribution >= 4 is 23.6 Å². The van der Waals surface area contributed by atoms with Crippen LogP contribution in [0.5, 0.6) is 0 Å². The van der Waals surface area contributed by atoms with Crippen LogP contribution in [0.25, 0.3) is 11.5 Å². The number of amides is 1. The van der Waals surface area contributed by atoms with E-state index < -0.39 is 0 Å². The molecule has 4 rings (SSSR count). The Morgan fingerprint density at radius 3 is 2.80 bits per heavy atom. The Hall–Kier alpha value is -3.35. The zero-order valence-corrected chi connectivity index (χ0v) is 13.8. The molecule has 0 saturated heterocycles. The van der Waals surface area contributed by atoms with Gasteiger partial charge in [0.05, 0.1) is 11.3 Å².